The Bertz CT molecular complexity index is 1070. The molecular formula is C25H30O7. The van der Waals surface area contributed by atoms with Crippen LogP contribution in [0.1, 0.15) is 68.6 Å². The molecule has 0 saturated heterocycles. The van der Waals surface area contributed by atoms with E-state index in [2.05, 4.69) is 6.92 Å². The fourth-order valence-electron chi connectivity index (χ4n) is 6.83. The number of esters is 1. The monoisotopic (exact) mass is 442 g/mol. The molecule has 0 radical (unpaired) electrons. The molecule has 4 aliphatic rings. The summed E-state index contributed by atoms with van der Waals surface area (Å²) in [6, 6.07) is 1.38. The van der Waals surface area contributed by atoms with Crippen molar-refractivity contribution in [2.45, 2.75) is 71.4 Å². The first-order valence-corrected chi connectivity index (χ1v) is 11.2. The van der Waals surface area contributed by atoms with Crippen LogP contribution >= 0.6 is 0 Å². The summed E-state index contributed by atoms with van der Waals surface area (Å²) in [6.07, 6.45) is 1.73. The number of carbonyl (C=O) groups is 2. The quantitative estimate of drug-likeness (QED) is 0.530. The third kappa shape index (κ3) is 2.49. The summed E-state index contributed by atoms with van der Waals surface area (Å²) in [7, 11) is 0. The number of fused-ring (bicyclic) bond motifs is 6. The van der Waals surface area contributed by atoms with Crippen LogP contribution in [0, 0.1) is 22.7 Å². The van der Waals surface area contributed by atoms with E-state index < -0.39 is 40.7 Å². The number of phenolic OH excluding ortho intramolecular Hbond substituents is 1. The number of aromatic hydroxyl groups is 1. The van der Waals surface area contributed by atoms with Gasteiger partial charge in [-0.05, 0) is 44.1 Å². The molecule has 1 aromatic rings. The molecule has 7 atom stereocenters. The molecule has 32 heavy (non-hydrogen) atoms. The second kappa shape index (κ2) is 6.35. The van der Waals surface area contributed by atoms with E-state index >= 15 is 0 Å². The molecule has 0 bridgehead atoms. The lowest BCUT2D eigenvalue weighted by Gasteiger charge is -2.62. The third-order valence-corrected chi connectivity index (χ3v) is 8.81. The highest BCUT2D eigenvalue weighted by Crippen LogP contribution is 2.63. The number of benzene rings is 1. The first-order chi connectivity index (χ1) is 14.8. The van der Waals surface area contributed by atoms with Crippen molar-refractivity contribution in [2.24, 2.45) is 22.7 Å². The van der Waals surface area contributed by atoms with E-state index in [9.17, 15) is 24.9 Å². The van der Waals surface area contributed by atoms with Crippen LogP contribution in [0.2, 0.25) is 0 Å². The summed E-state index contributed by atoms with van der Waals surface area (Å²) < 4.78 is 11.6. The fourth-order valence-corrected chi connectivity index (χ4v) is 6.83. The van der Waals surface area contributed by atoms with Crippen LogP contribution in [0.25, 0.3) is 0 Å². The largest absolute Gasteiger partial charge is 0.507 e. The first kappa shape index (κ1) is 21.5. The van der Waals surface area contributed by atoms with Crippen LogP contribution in [0.15, 0.2) is 18.2 Å². The van der Waals surface area contributed by atoms with E-state index in [0.29, 0.717) is 29.7 Å². The number of rotatable bonds is 0. The molecule has 1 aromatic carbocycles. The van der Waals surface area contributed by atoms with Crippen molar-refractivity contribution in [1.29, 1.82) is 0 Å². The SMILES string of the molecule is CC1OC(=O)c2c(O)cc3c(c2C1O)CC1C2(C)C=CC(=O)C(C)(C)C2CC(O)C1(C)O3. The molecule has 0 aromatic heterocycles. The normalized spacial score (nSPS) is 41.5. The van der Waals surface area contributed by atoms with Gasteiger partial charge in [-0.1, -0.05) is 26.8 Å². The maximum Gasteiger partial charge on any atom is 0.342 e. The Labute approximate surface area is 187 Å². The van der Waals surface area contributed by atoms with Crippen molar-refractivity contribution in [3.8, 4) is 11.5 Å². The Morgan fingerprint density at radius 2 is 1.78 bits per heavy atom. The molecule has 2 aliphatic heterocycles. The molecule has 1 fully saturated rings. The Balaban J connectivity index is 1.72. The molecule has 7 unspecified atom stereocenters. The van der Waals surface area contributed by atoms with E-state index in [1.165, 1.54) is 6.07 Å². The van der Waals surface area contributed by atoms with E-state index in [4.69, 9.17) is 9.47 Å². The van der Waals surface area contributed by atoms with Crippen LogP contribution in [0.5, 0.6) is 11.5 Å². The van der Waals surface area contributed by atoms with Gasteiger partial charge in [0.1, 0.15) is 34.9 Å². The Morgan fingerprint density at radius 3 is 2.47 bits per heavy atom. The van der Waals surface area contributed by atoms with Crippen LogP contribution < -0.4 is 4.74 Å². The van der Waals surface area contributed by atoms with Crippen LogP contribution in [-0.4, -0.2) is 44.9 Å². The Hall–Kier alpha value is -2.38. The average Bonchev–Trinajstić information content (AvgIpc) is 2.70. The van der Waals surface area contributed by atoms with Crippen molar-refractivity contribution >= 4 is 11.8 Å². The number of aliphatic hydroxyl groups excluding tert-OH is 2. The van der Waals surface area contributed by atoms with Crippen LogP contribution in [0.3, 0.4) is 0 Å². The number of phenols is 1. The van der Waals surface area contributed by atoms with Gasteiger partial charge in [-0.25, -0.2) is 4.79 Å². The van der Waals surface area contributed by atoms with E-state index in [-0.39, 0.29) is 28.9 Å². The predicted molar refractivity (Wildman–Crippen MR) is 114 cm³/mol. The predicted octanol–water partition coefficient (Wildman–Crippen LogP) is 2.85. The standard InChI is InChI=1S/C25H30O7/c1-11-21(29)19-12-8-16-24(4)7-6-17(27)23(2,3)15(24)10-18(28)25(16,5)32-14(12)9-13(26)20(19)22(30)31-11/h6-7,9,11,15-16,18,21,26,28-29H,8,10H2,1-5H3. The summed E-state index contributed by atoms with van der Waals surface area (Å²) in [5.41, 5.74) is -1.12. The number of cyclic esters (lactones) is 1. The van der Waals surface area contributed by atoms with Gasteiger partial charge >= 0.3 is 5.97 Å². The molecule has 7 heteroatoms. The van der Waals surface area contributed by atoms with Crippen molar-refractivity contribution in [3.63, 3.8) is 0 Å². The number of ether oxygens (including phenoxy) is 2. The number of allylic oxidation sites excluding steroid dienone is 2. The highest BCUT2D eigenvalue weighted by molar-refractivity contribution is 5.97. The molecule has 0 amide bonds. The van der Waals surface area contributed by atoms with E-state index in [0.717, 1.165) is 0 Å². The summed E-state index contributed by atoms with van der Waals surface area (Å²) in [5, 5.41) is 32.7. The van der Waals surface area contributed by atoms with Crippen LogP contribution in [0.4, 0.5) is 0 Å². The highest BCUT2D eigenvalue weighted by atomic mass is 16.6. The number of hydrogen-bond acceptors (Lipinski definition) is 7. The second-order valence-electron chi connectivity index (χ2n) is 10.8. The van der Waals surface area contributed by atoms with Crippen molar-refractivity contribution < 1.29 is 34.4 Å². The van der Waals surface area contributed by atoms with E-state index in [1.54, 1.807) is 13.0 Å². The molecule has 5 rings (SSSR count). The molecule has 2 aliphatic carbocycles. The number of ketones is 1. The van der Waals surface area contributed by atoms with Crippen LogP contribution in [-0.2, 0) is 16.0 Å². The van der Waals surface area contributed by atoms with Crippen molar-refractivity contribution in [1.82, 2.24) is 0 Å². The van der Waals surface area contributed by atoms with Gasteiger partial charge in [-0.3, -0.25) is 4.79 Å². The molecule has 172 valence electrons. The summed E-state index contributed by atoms with van der Waals surface area (Å²) >= 11 is 0. The van der Waals surface area contributed by atoms with Gasteiger partial charge in [-0.2, -0.15) is 0 Å². The Morgan fingerprint density at radius 1 is 1.09 bits per heavy atom. The summed E-state index contributed by atoms with van der Waals surface area (Å²) in [4.78, 5) is 25.2. The number of carbonyl (C=O) groups excluding carboxylic acids is 2. The molecule has 7 nitrogen and oxygen atoms in total. The molecule has 0 spiro atoms. The number of aliphatic hydroxyl groups is 2. The zero-order valence-electron chi connectivity index (χ0n) is 19.0. The summed E-state index contributed by atoms with van der Waals surface area (Å²) in [5.74, 6) is -0.917. The maximum atomic E-state index is 12.7. The molecule has 3 N–H and O–H groups in total. The van der Waals surface area contributed by atoms with Gasteiger partial charge in [0.05, 0.1) is 6.10 Å². The lowest BCUT2D eigenvalue weighted by Crippen LogP contribution is -2.67. The minimum absolute atomic E-state index is 0.0330. The molecule has 2 heterocycles. The lowest BCUT2D eigenvalue weighted by molar-refractivity contribution is -0.190. The minimum atomic E-state index is -1.10. The Kier molecular flexibility index (Phi) is 4.26. The van der Waals surface area contributed by atoms with Gasteiger partial charge in [0.25, 0.3) is 0 Å². The number of hydrogen-bond donors (Lipinski definition) is 3. The highest BCUT2D eigenvalue weighted by Gasteiger charge is 2.65. The third-order valence-electron chi connectivity index (χ3n) is 8.81. The molecule has 1 saturated carbocycles. The van der Waals surface area contributed by atoms with Crippen molar-refractivity contribution in [2.75, 3.05) is 0 Å². The molecular weight excluding hydrogens is 412 g/mol. The van der Waals surface area contributed by atoms with Gasteiger partial charge in [0.15, 0.2) is 5.78 Å². The van der Waals surface area contributed by atoms with Gasteiger partial charge in [-0.15, -0.1) is 0 Å². The van der Waals surface area contributed by atoms with Gasteiger partial charge in [0.2, 0.25) is 0 Å². The average molecular weight is 443 g/mol. The first-order valence-electron chi connectivity index (χ1n) is 11.2. The minimum Gasteiger partial charge on any atom is -0.507 e. The lowest BCUT2D eigenvalue weighted by atomic mass is 9.45. The second-order valence-corrected chi connectivity index (χ2v) is 10.8. The van der Waals surface area contributed by atoms with Crippen molar-refractivity contribution in [3.05, 3.63) is 34.9 Å². The maximum absolute atomic E-state index is 12.7. The summed E-state index contributed by atoms with van der Waals surface area (Å²) in [6.45, 7) is 9.43. The zero-order valence-corrected chi connectivity index (χ0v) is 19.0. The van der Waals surface area contributed by atoms with E-state index in [1.807, 2.05) is 26.8 Å². The topological polar surface area (TPSA) is 113 Å². The fraction of sp³-hybridized carbons (Fsp3) is 0.600. The van der Waals surface area contributed by atoms with Gasteiger partial charge < -0.3 is 24.8 Å². The van der Waals surface area contributed by atoms with Gasteiger partial charge in [0, 0.05) is 28.5 Å². The smallest absolute Gasteiger partial charge is 0.342 e. The zero-order chi connectivity index (χ0) is 23.4.